The van der Waals surface area contributed by atoms with Crippen LogP contribution in [-0.2, 0) is 16.1 Å². The van der Waals surface area contributed by atoms with Gasteiger partial charge < -0.3 is 15.4 Å². The lowest BCUT2D eigenvalue weighted by Crippen LogP contribution is -2.45. The lowest BCUT2D eigenvalue weighted by Gasteiger charge is -2.20. The van der Waals surface area contributed by atoms with Gasteiger partial charge in [-0.3, -0.25) is 9.59 Å². The highest BCUT2D eigenvalue weighted by Gasteiger charge is 2.14. The summed E-state index contributed by atoms with van der Waals surface area (Å²) in [6, 6.07) is 7.17. The summed E-state index contributed by atoms with van der Waals surface area (Å²) in [6.07, 6.45) is 0.171. The molecule has 0 radical (unpaired) electrons. The zero-order valence-electron chi connectivity index (χ0n) is 14.0. The molecule has 1 aromatic carbocycles. The standard InChI is InChI=1S/C17H26N2O3/c1-12(2)22-11-13-6-8-14(9-7-13)16(21)18-10-15(20)19-17(3,4)5/h6-9,12H,10-11H2,1-5H3,(H,18,21)(H,19,20). The van der Waals surface area contributed by atoms with Gasteiger partial charge in [0.15, 0.2) is 0 Å². The molecule has 0 aliphatic rings. The number of rotatable bonds is 6. The van der Waals surface area contributed by atoms with E-state index in [1.807, 2.05) is 46.8 Å². The molecule has 5 nitrogen and oxygen atoms in total. The third-order valence-electron chi connectivity index (χ3n) is 2.72. The van der Waals surface area contributed by atoms with Gasteiger partial charge in [-0.25, -0.2) is 0 Å². The average molecular weight is 306 g/mol. The first-order chi connectivity index (χ1) is 10.2. The van der Waals surface area contributed by atoms with E-state index in [-0.39, 0.29) is 30.0 Å². The van der Waals surface area contributed by atoms with E-state index >= 15 is 0 Å². The molecule has 0 aliphatic heterocycles. The molecule has 1 aromatic rings. The van der Waals surface area contributed by atoms with Crippen LogP contribution in [0.2, 0.25) is 0 Å². The van der Waals surface area contributed by atoms with Gasteiger partial charge in [-0.1, -0.05) is 12.1 Å². The normalized spacial score (nSPS) is 11.4. The second kappa shape index (κ2) is 7.94. The molecule has 2 amide bonds. The molecule has 0 aromatic heterocycles. The van der Waals surface area contributed by atoms with E-state index in [2.05, 4.69) is 10.6 Å². The zero-order chi connectivity index (χ0) is 16.8. The summed E-state index contributed by atoms with van der Waals surface area (Å²) in [6.45, 7) is 10.1. The number of carbonyl (C=O) groups excluding carboxylic acids is 2. The van der Waals surface area contributed by atoms with E-state index in [4.69, 9.17) is 4.74 Å². The summed E-state index contributed by atoms with van der Waals surface area (Å²) < 4.78 is 5.50. The number of ether oxygens (including phenoxy) is 1. The lowest BCUT2D eigenvalue weighted by molar-refractivity contribution is -0.121. The van der Waals surface area contributed by atoms with Crippen LogP contribution in [0, 0.1) is 0 Å². The van der Waals surface area contributed by atoms with Crippen LogP contribution >= 0.6 is 0 Å². The molecule has 0 unspecified atom stereocenters. The summed E-state index contributed by atoms with van der Waals surface area (Å²) in [5.74, 6) is -0.469. The Hall–Kier alpha value is -1.88. The summed E-state index contributed by atoms with van der Waals surface area (Å²) in [5.41, 5.74) is 1.23. The van der Waals surface area contributed by atoms with Gasteiger partial charge in [0.2, 0.25) is 5.91 Å². The molecular formula is C17H26N2O3. The number of benzene rings is 1. The summed E-state index contributed by atoms with van der Waals surface area (Å²) in [5, 5.41) is 5.40. The van der Waals surface area contributed by atoms with Crippen LogP contribution in [-0.4, -0.2) is 30.0 Å². The molecule has 2 N–H and O–H groups in total. The average Bonchev–Trinajstić information content (AvgIpc) is 2.41. The quantitative estimate of drug-likeness (QED) is 0.847. The van der Waals surface area contributed by atoms with Crippen LogP contribution in [0.4, 0.5) is 0 Å². The summed E-state index contributed by atoms with van der Waals surface area (Å²) >= 11 is 0. The van der Waals surface area contributed by atoms with Crippen molar-refractivity contribution in [2.24, 2.45) is 0 Å². The number of carbonyl (C=O) groups is 2. The highest BCUT2D eigenvalue weighted by Crippen LogP contribution is 2.07. The smallest absolute Gasteiger partial charge is 0.251 e. The molecule has 0 heterocycles. The van der Waals surface area contributed by atoms with Gasteiger partial charge in [0.1, 0.15) is 0 Å². The Morgan fingerprint density at radius 1 is 1.14 bits per heavy atom. The van der Waals surface area contributed by atoms with Crippen molar-refractivity contribution in [1.82, 2.24) is 10.6 Å². The van der Waals surface area contributed by atoms with E-state index < -0.39 is 0 Å². The fraction of sp³-hybridized carbons (Fsp3) is 0.529. The van der Waals surface area contributed by atoms with Gasteiger partial charge in [-0.15, -0.1) is 0 Å². The van der Waals surface area contributed by atoms with Crippen LogP contribution in [0.1, 0.15) is 50.5 Å². The highest BCUT2D eigenvalue weighted by atomic mass is 16.5. The van der Waals surface area contributed by atoms with Crippen molar-refractivity contribution in [3.63, 3.8) is 0 Å². The molecule has 0 aliphatic carbocycles. The Morgan fingerprint density at radius 2 is 1.73 bits per heavy atom. The number of hydrogen-bond acceptors (Lipinski definition) is 3. The molecule has 0 saturated heterocycles. The molecule has 22 heavy (non-hydrogen) atoms. The summed E-state index contributed by atoms with van der Waals surface area (Å²) in [7, 11) is 0. The molecular weight excluding hydrogens is 280 g/mol. The van der Waals surface area contributed by atoms with Crippen molar-refractivity contribution in [2.45, 2.75) is 52.9 Å². The SMILES string of the molecule is CC(C)OCc1ccc(C(=O)NCC(=O)NC(C)(C)C)cc1. The van der Waals surface area contributed by atoms with Gasteiger partial charge in [0, 0.05) is 11.1 Å². The van der Waals surface area contributed by atoms with Crippen LogP contribution < -0.4 is 10.6 Å². The van der Waals surface area contributed by atoms with Crippen molar-refractivity contribution >= 4 is 11.8 Å². The Bertz CT molecular complexity index is 502. The van der Waals surface area contributed by atoms with Crippen LogP contribution in [0.25, 0.3) is 0 Å². The molecule has 0 fully saturated rings. The first kappa shape index (κ1) is 18.2. The van der Waals surface area contributed by atoms with Gasteiger partial charge in [0.05, 0.1) is 19.3 Å². The minimum absolute atomic E-state index is 0.0334. The van der Waals surface area contributed by atoms with Crippen molar-refractivity contribution in [2.75, 3.05) is 6.54 Å². The first-order valence-corrected chi connectivity index (χ1v) is 7.47. The van der Waals surface area contributed by atoms with Gasteiger partial charge >= 0.3 is 0 Å². The number of nitrogens with one attached hydrogen (secondary N) is 2. The van der Waals surface area contributed by atoms with Crippen molar-refractivity contribution in [1.29, 1.82) is 0 Å². The maximum atomic E-state index is 12.0. The Morgan fingerprint density at radius 3 is 2.23 bits per heavy atom. The van der Waals surface area contributed by atoms with Gasteiger partial charge in [-0.2, -0.15) is 0 Å². The second-order valence-corrected chi connectivity index (χ2v) is 6.54. The molecule has 0 bridgehead atoms. The van der Waals surface area contributed by atoms with E-state index in [9.17, 15) is 9.59 Å². The third kappa shape index (κ3) is 7.22. The monoisotopic (exact) mass is 306 g/mol. The van der Waals surface area contributed by atoms with Crippen LogP contribution in [0.5, 0.6) is 0 Å². The number of amides is 2. The Kier molecular flexibility index (Phi) is 6.56. The fourth-order valence-corrected chi connectivity index (χ4v) is 1.74. The third-order valence-corrected chi connectivity index (χ3v) is 2.72. The first-order valence-electron chi connectivity index (χ1n) is 7.47. The molecule has 0 atom stereocenters. The zero-order valence-corrected chi connectivity index (χ0v) is 14.0. The van der Waals surface area contributed by atoms with E-state index in [0.717, 1.165) is 5.56 Å². The molecule has 5 heteroatoms. The van der Waals surface area contributed by atoms with E-state index in [1.165, 1.54) is 0 Å². The lowest BCUT2D eigenvalue weighted by atomic mass is 10.1. The largest absolute Gasteiger partial charge is 0.374 e. The maximum absolute atomic E-state index is 12.0. The fourth-order valence-electron chi connectivity index (χ4n) is 1.74. The van der Waals surface area contributed by atoms with Crippen LogP contribution in [0.15, 0.2) is 24.3 Å². The van der Waals surface area contributed by atoms with E-state index in [0.29, 0.717) is 12.2 Å². The molecule has 0 saturated carbocycles. The van der Waals surface area contributed by atoms with Crippen molar-refractivity contribution in [3.05, 3.63) is 35.4 Å². The predicted molar refractivity (Wildman–Crippen MR) is 86.6 cm³/mol. The Labute approximate surface area is 132 Å². The second-order valence-electron chi connectivity index (χ2n) is 6.54. The molecule has 0 spiro atoms. The van der Waals surface area contributed by atoms with Crippen molar-refractivity contribution < 1.29 is 14.3 Å². The minimum Gasteiger partial charge on any atom is -0.374 e. The number of hydrogen-bond donors (Lipinski definition) is 2. The molecule has 122 valence electrons. The van der Waals surface area contributed by atoms with Crippen LogP contribution in [0.3, 0.4) is 0 Å². The minimum atomic E-state index is -0.306. The highest BCUT2D eigenvalue weighted by molar-refractivity contribution is 5.96. The topological polar surface area (TPSA) is 67.4 Å². The van der Waals surface area contributed by atoms with Gasteiger partial charge in [0.25, 0.3) is 5.91 Å². The van der Waals surface area contributed by atoms with Crippen molar-refractivity contribution in [3.8, 4) is 0 Å². The molecule has 1 rings (SSSR count). The summed E-state index contributed by atoms with van der Waals surface area (Å²) in [4.78, 5) is 23.6. The Balaban J connectivity index is 2.47. The van der Waals surface area contributed by atoms with E-state index in [1.54, 1.807) is 12.1 Å². The predicted octanol–water partition coefficient (Wildman–Crippen LogP) is 2.26. The van der Waals surface area contributed by atoms with Gasteiger partial charge in [-0.05, 0) is 52.3 Å². The maximum Gasteiger partial charge on any atom is 0.251 e.